The first-order valence-electron chi connectivity index (χ1n) is 11.7. The van der Waals surface area contributed by atoms with Gasteiger partial charge in [0.1, 0.15) is 0 Å². The van der Waals surface area contributed by atoms with Crippen molar-refractivity contribution >= 4 is 11.4 Å². The van der Waals surface area contributed by atoms with Crippen LogP contribution in [0, 0.1) is 6.92 Å². The Bertz CT molecular complexity index is 1140. The Morgan fingerprint density at radius 2 is 1.22 bits per heavy atom. The minimum Gasteiger partial charge on any atom is -0.345 e. The van der Waals surface area contributed by atoms with E-state index in [4.69, 9.17) is 0 Å². The molecule has 0 atom stereocenters. The zero-order chi connectivity index (χ0) is 22.3. The second kappa shape index (κ2) is 10.3. The Kier molecular flexibility index (Phi) is 7.07. The van der Waals surface area contributed by atoms with Crippen molar-refractivity contribution in [3.63, 3.8) is 0 Å². The van der Waals surface area contributed by atoms with E-state index in [1.54, 1.807) is 0 Å². The van der Waals surface area contributed by atoms with E-state index in [0.29, 0.717) is 0 Å². The van der Waals surface area contributed by atoms with Crippen LogP contribution in [0.3, 0.4) is 0 Å². The zero-order valence-corrected chi connectivity index (χ0v) is 19.5. The molecule has 162 valence electrons. The van der Waals surface area contributed by atoms with Gasteiger partial charge in [-0.3, -0.25) is 0 Å². The molecule has 0 N–H and O–H groups in total. The molecule has 1 heteroatoms. The van der Waals surface area contributed by atoms with E-state index in [2.05, 4.69) is 123 Å². The number of unbranched alkanes of at least 4 members (excludes halogenated alkanes) is 2. The maximum Gasteiger partial charge on any atom is 0.0410 e. The lowest BCUT2D eigenvalue weighted by atomic mass is 9.98. The third-order valence-electron chi connectivity index (χ3n) is 6.20. The largest absolute Gasteiger partial charge is 0.345 e. The van der Waals surface area contributed by atoms with Gasteiger partial charge in [0, 0.05) is 18.4 Å². The monoisotopic (exact) mass is 419 g/mol. The fourth-order valence-electron chi connectivity index (χ4n) is 4.15. The summed E-state index contributed by atoms with van der Waals surface area (Å²) in [4.78, 5) is 2.27. The third kappa shape index (κ3) is 5.29. The summed E-state index contributed by atoms with van der Waals surface area (Å²) in [5.41, 5.74) is 10.2. The third-order valence-corrected chi connectivity index (χ3v) is 6.20. The van der Waals surface area contributed by atoms with Crippen LogP contribution >= 0.6 is 0 Å². The summed E-state index contributed by atoms with van der Waals surface area (Å²) in [6.45, 7) is 4.38. The molecule has 0 saturated carbocycles. The van der Waals surface area contributed by atoms with Crippen molar-refractivity contribution in [3.8, 4) is 22.3 Å². The molecule has 0 aliphatic rings. The molecule has 0 bridgehead atoms. The van der Waals surface area contributed by atoms with E-state index in [-0.39, 0.29) is 0 Å². The molecule has 0 unspecified atom stereocenters. The van der Waals surface area contributed by atoms with Crippen molar-refractivity contribution in [2.45, 2.75) is 39.5 Å². The maximum atomic E-state index is 2.33. The summed E-state index contributed by atoms with van der Waals surface area (Å²) >= 11 is 0. The zero-order valence-electron chi connectivity index (χ0n) is 19.5. The van der Waals surface area contributed by atoms with E-state index in [9.17, 15) is 0 Å². The molecule has 4 rings (SSSR count). The molecule has 0 fully saturated rings. The van der Waals surface area contributed by atoms with Gasteiger partial charge in [0.2, 0.25) is 0 Å². The van der Waals surface area contributed by atoms with Crippen molar-refractivity contribution in [1.29, 1.82) is 0 Å². The van der Waals surface area contributed by atoms with Crippen LogP contribution in [0.15, 0.2) is 97.1 Å². The summed E-state index contributed by atoms with van der Waals surface area (Å²) in [5.74, 6) is 0. The number of hydrogen-bond acceptors (Lipinski definition) is 1. The lowest BCUT2D eigenvalue weighted by molar-refractivity contribution is 0.717. The Balaban J connectivity index is 1.51. The predicted molar refractivity (Wildman–Crippen MR) is 140 cm³/mol. The average Bonchev–Trinajstić information content (AvgIpc) is 2.85. The average molecular weight is 420 g/mol. The Labute approximate surface area is 193 Å². The summed E-state index contributed by atoms with van der Waals surface area (Å²) < 4.78 is 0. The van der Waals surface area contributed by atoms with Crippen molar-refractivity contribution in [2.75, 3.05) is 11.9 Å². The summed E-state index contributed by atoms with van der Waals surface area (Å²) in [6, 6.07) is 35.4. The molecule has 0 heterocycles. The van der Waals surface area contributed by atoms with Crippen molar-refractivity contribution in [3.05, 3.63) is 108 Å². The smallest absolute Gasteiger partial charge is 0.0410 e. The van der Waals surface area contributed by atoms with Gasteiger partial charge in [-0.1, -0.05) is 92.1 Å². The first-order valence-corrected chi connectivity index (χ1v) is 11.7. The van der Waals surface area contributed by atoms with Crippen molar-refractivity contribution in [1.82, 2.24) is 0 Å². The number of aryl methyl sites for hydroxylation is 2. The molecule has 0 aliphatic heterocycles. The lowest BCUT2D eigenvalue weighted by Gasteiger charge is -2.21. The molecule has 0 aromatic heterocycles. The number of rotatable bonds is 8. The first kappa shape index (κ1) is 21.9. The minimum absolute atomic E-state index is 1.16. The molecular formula is C31H33N. The molecule has 0 saturated heterocycles. The number of benzene rings is 4. The molecule has 4 aromatic carbocycles. The molecular weight excluding hydrogens is 386 g/mol. The lowest BCUT2D eigenvalue weighted by Crippen LogP contribution is -2.09. The second-order valence-corrected chi connectivity index (χ2v) is 8.68. The van der Waals surface area contributed by atoms with Crippen LogP contribution in [-0.4, -0.2) is 7.05 Å². The highest BCUT2D eigenvalue weighted by molar-refractivity contribution is 5.75. The number of anilines is 2. The van der Waals surface area contributed by atoms with E-state index >= 15 is 0 Å². The Hall–Kier alpha value is -3.32. The summed E-state index contributed by atoms with van der Waals surface area (Å²) in [6.07, 6.45) is 4.98. The van der Waals surface area contributed by atoms with Gasteiger partial charge in [-0.15, -0.1) is 0 Å². The second-order valence-electron chi connectivity index (χ2n) is 8.68. The SMILES string of the molecule is CCCCCc1cccc(N(C)c2ccc(-c3cccc(-c4ccc(C)cc4)c3)cc2)c1. The molecule has 0 amide bonds. The number of nitrogens with zero attached hydrogens (tertiary/aromatic N) is 1. The highest BCUT2D eigenvalue weighted by Crippen LogP contribution is 2.30. The minimum atomic E-state index is 1.16. The Morgan fingerprint density at radius 1 is 0.594 bits per heavy atom. The highest BCUT2D eigenvalue weighted by atomic mass is 15.1. The van der Waals surface area contributed by atoms with Crippen LogP contribution in [0.1, 0.15) is 37.3 Å². The van der Waals surface area contributed by atoms with Crippen molar-refractivity contribution in [2.24, 2.45) is 0 Å². The molecule has 32 heavy (non-hydrogen) atoms. The molecule has 0 aliphatic carbocycles. The fraction of sp³-hybridized carbons (Fsp3) is 0.226. The van der Waals surface area contributed by atoms with Gasteiger partial charge in [-0.2, -0.15) is 0 Å². The van der Waals surface area contributed by atoms with E-state index < -0.39 is 0 Å². The van der Waals surface area contributed by atoms with Gasteiger partial charge < -0.3 is 4.90 Å². The van der Waals surface area contributed by atoms with Gasteiger partial charge in [-0.05, 0) is 77.9 Å². The van der Waals surface area contributed by atoms with E-state index in [0.717, 1.165) is 6.42 Å². The molecule has 1 nitrogen and oxygen atoms in total. The molecule has 0 spiro atoms. The van der Waals surface area contributed by atoms with E-state index in [1.165, 1.54) is 64.0 Å². The van der Waals surface area contributed by atoms with Crippen molar-refractivity contribution < 1.29 is 0 Å². The quantitative estimate of drug-likeness (QED) is 0.258. The van der Waals surface area contributed by atoms with E-state index in [1.807, 2.05) is 0 Å². The van der Waals surface area contributed by atoms with Gasteiger partial charge in [0.25, 0.3) is 0 Å². The molecule has 4 aromatic rings. The molecule has 0 radical (unpaired) electrons. The summed E-state index contributed by atoms with van der Waals surface area (Å²) in [7, 11) is 2.15. The van der Waals surface area contributed by atoms with Gasteiger partial charge in [-0.25, -0.2) is 0 Å². The predicted octanol–water partition coefficient (Wildman–Crippen LogP) is 8.83. The standard InChI is InChI=1S/C31H33N/c1-4-5-6-9-25-10-7-13-31(22-25)32(3)30-20-18-27(19-21-30)29-12-8-11-28(23-29)26-16-14-24(2)15-17-26/h7-8,10-23H,4-6,9H2,1-3H3. The van der Waals surface area contributed by atoms with Gasteiger partial charge in [0.05, 0.1) is 0 Å². The summed E-state index contributed by atoms with van der Waals surface area (Å²) in [5, 5.41) is 0. The van der Waals surface area contributed by atoms with Crippen LogP contribution in [0.4, 0.5) is 11.4 Å². The highest BCUT2D eigenvalue weighted by Gasteiger charge is 2.07. The van der Waals surface area contributed by atoms with Crippen LogP contribution in [0.5, 0.6) is 0 Å². The van der Waals surface area contributed by atoms with Crippen LogP contribution in [0.25, 0.3) is 22.3 Å². The van der Waals surface area contributed by atoms with Crippen LogP contribution < -0.4 is 4.90 Å². The normalized spacial score (nSPS) is 10.8. The van der Waals surface area contributed by atoms with Crippen LogP contribution in [-0.2, 0) is 6.42 Å². The fourth-order valence-corrected chi connectivity index (χ4v) is 4.15. The maximum absolute atomic E-state index is 2.33. The Morgan fingerprint density at radius 3 is 1.88 bits per heavy atom. The topological polar surface area (TPSA) is 3.24 Å². The van der Waals surface area contributed by atoms with Crippen LogP contribution in [0.2, 0.25) is 0 Å². The first-order chi connectivity index (χ1) is 15.6. The number of hydrogen-bond donors (Lipinski definition) is 0. The van der Waals surface area contributed by atoms with Gasteiger partial charge >= 0.3 is 0 Å². The van der Waals surface area contributed by atoms with Gasteiger partial charge in [0.15, 0.2) is 0 Å².